The first-order valence-corrected chi connectivity index (χ1v) is 13.4. The molecule has 0 N–H and O–H groups in total. The van der Waals surface area contributed by atoms with E-state index in [1.54, 1.807) is 14.9 Å². The highest BCUT2D eigenvalue weighted by molar-refractivity contribution is 7.89. The molecule has 0 radical (unpaired) electrons. The van der Waals surface area contributed by atoms with Gasteiger partial charge >= 0.3 is 0 Å². The van der Waals surface area contributed by atoms with E-state index in [4.69, 9.17) is 18.0 Å². The van der Waals surface area contributed by atoms with Gasteiger partial charge in [-0.3, -0.25) is 4.79 Å². The van der Waals surface area contributed by atoms with Crippen LogP contribution in [-0.4, -0.2) is 35.8 Å². The van der Waals surface area contributed by atoms with Gasteiger partial charge in [-0.25, -0.2) is 8.42 Å². The van der Waals surface area contributed by atoms with E-state index in [1.807, 2.05) is 19.1 Å². The fourth-order valence-electron chi connectivity index (χ4n) is 4.13. The number of halogens is 1. The average Bonchev–Trinajstić information content (AvgIpc) is 3.15. The fourth-order valence-corrected chi connectivity index (χ4v) is 7.20. The summed E-state index contributed by atoms with van der Waals surface area (Å²) in [5.41, 5.74) is 1.16. The maximum Gasteiger partial charge on any atom is 0.279 e. The van der Waals surface area contributed by atoms with Crippen LogP contribution in [0.1, 0.15) is 43.0 Å². The molecule has 1 aliphatic heterocycles. The van der Waals surface area contributed by atoms with Gasteiger partial charge in [0.1, 0.15) is 0 Å². The Labute approximate surface area is 202 Å². The molecule has 2 aromatic carbocycles. The molecule has 1 fully saturated rings. The molecule has 172 valence electrons. The second-order valence-corrected chi connectivity index (χ2v) is 11.2. The lowest BCUT2D eigenvalue weighted by atomic mass is 10.0. The SMILES string of the molecule is C#CCn1c(=NC(=O)c2ccc(S(=O)(=O)N3CCCCC3CC)cc2)sc2cc(Cl)ccc21. The van der Waals surface area contributed by atoms with E-state index in [1.165, 1.54) is 35.6 Å². The van der Waals surface area contributed by atoms with Crippen molar-refractivity contribution in [3.05, 3.63) is 57.9 Å². The van der Waals surface area contributed by atoms with Gasteiger partial charge in [0.05, 0.1) is 21.7 Å². The molecular weight excluding hydrogens is 478 g/mol. The highest BCUT2D eigenvalue weighted by Crippen LogP contribution is 2.27. The van der Waals surface area contributed by atoms with Crippen molar-refractivity contribution in [1.82, 2.24) is 8.87 Å². The van der Waals surface area contributed by atoms with Crippen LogP contribution in [0.4, 0.5) is 0 Å². The Morgan fingerprint density at radius 2 is 2.00 bits per heavy atom. The zero-order chi connectivity index (χ0) is 23.6. The van der Waals surface area contributed by atoms with Crippen LogP contribution in [0.25, 0.3) is 10.2 Å². The number of thiazole rings is 1. The molecule has 1 saturated heterocycles. The van der Waals surface area contributed by atoms with Crippen LogP contribution in [0, 0.1) is 12.3 Å². The summed E-state index contributed by atoms with van der Waals surface area (Å²) in [5, 5.41) is 0.588. The molecule has 6 nitrogen and oxygen atoms in total. The molecule has 1 aromatic heterocycles. The van der Waals surface area contributed by atoms with Crippen LogP contribution in [0.3, 0.4) is 0 Å². The molecular formula is C24H24ClN3O3S2. The van der Waals surface area contributed by atoms with Crippen LogP contribution >= 0.6 is 22.9 Å². The molecule has 1 atom stereocenters. The van der Waals surface area contributed by atoms with Gasteiger partial charge in [-0.05, 0) is 61.7 Å². The number of carbonyl (C=O) groups is 1. The van der Waals surface area contributed by atoms with E-state index in [2.05, 4.69) is 10.9 Å². The van der Waals surface area contributed by atoms with Crippen molar-refractivity contribution < 1.29 is 13.2 Å². The molecule has 1 unspecified atom stereocenters. The Morgan fingerprint density at radius 1 is 1.24 bits per heavy atom. The topological polar surface area (TPSA) is 71.7 Å². The standard InChI is InChI=1S/C24H24ClN3O3S2/c1-3-14-27-21-13-10-18(25)16-22(21)32-24(27)26-23(29)17-8-11-20(12-9-17)33(30,31)28-15-6-5-7-19(28)4-2/h1,8-13,16,19H,4-7,14-15H2,2H3. The Morgan fingerprint density at radius 3 is 2.70 bits per heavy atom. The normalized spacial score (nSPS) is 17.8. The second-order valence-electron chi connectivity index (χ2n) is 7.90. The van der Waals surface area contributed by atoms with E-state index in [-0.39, 0.29) is 17.5 Å². The molecule has 1 aliphatic rings. The smallest absolute Gasteiger partial charge is 0.279 e. The van der Waals surface area contributed by atoms with Gasteiger partial charge in [0, 0.05) is 23.2 Å². The summed E-state index contributed by atoms with van der Waals surface area (Å²) >= 11 is 7.41. The number of piperidine rings is 1. The second kappa shape index (κ2) is 9.82. The molecule has 0 saturated carbocycles. The molecule has 0 aliphatic carbocycles. The molecule has 33 heavy (non-hydrogen) atoms. The summed E-state index contributed by atoms with van der Waals surface area (Å²) in [4.78, 5) is 17.8. The Hall–Kier alpha value is -2.44. The van der Waals surface area contributed by atoms with Crippen molar-refractivity contribution in [2.24, 2.45) is 4.99 Å². The number of amides is 1. The first-order valence-electron chi connectivity index (χ1n) is 10.8. The number of nitrogens with zero attached hydrogens (tertiary/aromatic N) is 3. The van der Waals surface area contributed by atoms with Gasteiger partial charge in [0.15, 0.2) is 4.80 Å². The minimum Gasteiger partial charge on any atom is -0.305 e. The molecule has 0 bridgehead atoms. The number of carbonyl (C=O) groups excluding carboxylic acids is 1. The number of benzene rings is 2. The van der Waals surface area contributed by atoms with E-state index in [0.29, 0.717) is 21.9 Å². The summed E-state index contributed by atoms with van der Waals surface area (Å²) in [7, 11) is -3.61. The number of rotatable bonds is 5. The van der Waals surface area contributed by atoms with Crippen LogP contribution in [-0.2, 0) is 16.6 Å². The summed E-state index contributed by atoms with van der Waals surface area (Å²) in [5.74, 6) is 2.12. The number of hydrogen-bond donors (Lipinski definition) is 0. The van der Waals surface area contributed by atoms with Gasteiger partial charge in [-0.15, -0.1) is 6.42 Å². The maximum absolute atomic E-state index is 13.2. The van der Waals surface area contributed by atoms with E-state index in [0.717, 1.165) is 35.9 Å². The lowest BCUT2D eigenvalue weighted by Gasteiger charge is -2.34. The highest BCUT2D eigenvalue weighted by atomic mass is 35.5. The Kier molecular flexibility index (Phi) is 7.05. The fraction of sp³-hybridized carbons (Fsp3) is 0.333. The first kappa shape index (κ1) is 23.7. The quantitative estimate of drug-likeness (QED) is 0.476. The summed E-state index contributed by atoms with van der Waals surface area (Å²) < 4.78 is 30.6. The minimum atomic E-state index is -3.61. The van der Waals surface area contributed by atoms with Crippen LogP contribution in [0.2, 0.25) is 5.02 Å². The molecule has 1 amide bonds. The predicted molar refractivity (Wildman–Crippen MR) is 132 cm³/mol. The van der Waals surface area contributed by atoms with Gasteiger partial charge in [-0.1, -0.05) is 42.2 Å². The van der Waals surface area contributed by atoms with Gasteiger partial charge in [0.2, 0.25) is 10.0 Å². The first-order chi connectivity index (χ1) is 15.8. The van der Waals surface area contributed by atoms with E-state index < -0.39 is 15.9 Å². The molecule has 4 rings (SSSR count). The third kappa shape index (κ3) is 4.78. The number of terminal acetylenes is 1. The highest BCUT2D eigenvalue weighted by Gasteiger charge is 2.32. The van der Waals surface area contributed by atoms with Gasteiger partial charge < -0.3 is 4.57 Å². The Bertz CT molecular complexity index is 1400. The van der Waals surface area contributed by atoms with Gasteiger partial charge in [-0.2, -0.15) is 9.30 Å². The average molecular weight is 502 g/mol. The van der Waals surface area contributed by atoms with Crippen LogP contribution in [0.5, 0.6) is 0 Å². The maximum atomic E-state index is 13.2. The molecule has 2 heterocycles. The van der Waals surface area contributed by atoms with E-state index in [9.17, 15) is 13.2 Å². The van der Waals surface area contributed by atoms with Crippen LogP contribution < -0.4 is 4.80 Å². The summed E-state index contributed by atoms with van der Waals surface area (Å²) in [6.07, 6.45) is 9.08. The zero-order valence-corrected chi connectivity index (χ0v) is 20.6. The molecule has 0 spiro atoms. The molecule has 9 heteroatoms. The predicted octanol–water partition coefficient (Wildman–Crippen LogP) is 4.68. The number of fused-ring (bicyclic) bond motifs is 1. The van der Waals surface area contributed by atoms with Crippen molar-refractivity contribution in [2.75, 3.05) is 6.54 Å². The Balaban J connectivity index is 1.65. The number of sulfonamides is 1. The van der Waals surface area contributed by atoms with E-state index >= 15 is 0 Å². The zero-order valence-electron chi connectivity index (χ0n) is 18.2. The lowest BCUT2D eigenvalue weighted by Crippen LogP contribution is -2.43. The van der Waals surface area contributed by atoms with Crippen molar-refractivity contribution in [3.63, 3.8) is 0 Å². The van der Waals surface area contributed by atoms with Crippen molar-refractivity contribution in [1.29, 1.82) is 0 Å². The van der Waals surface area contributed by atoms with Crippen molar-refractivity contribution >= 4 is 49.1 Å². The minimum absolute atomic E-state index is 0.0214. The summed E-state index contributed by atoms with van der Waals surface area (Å²) in [6.45, 7) is 2.80. The third-order valence-corrected chi connectivity index (χ3v) is 9.09. The number of aromatic nitrogens is 1. The van der Waals surface area contributed by atoms with Crippen LogP contribution in [0.15, 0.2) is 52.4 Å². The number of hydrogen-bond acceptors (Lipinski definition) is 4. The third-order valence-electron chi connectivity index (χ3n) is 5.84. The lowest BCUT2D eigenvalue weighted by molar-refractivity contribution is 0.0997. The summed E-state index contributed by atoms with van der Waals surface area (Å²) in [6, 6.07) is 11.4. The van der Waals surface area contributed by atoms with Crippen molar-refractivity contribution in [3.8, 4) is 12.3 Å². The van der Waals surface area contributed by atoms with Gasteiger partial charge in [0.25, 0.3) is 5.91 Å². The largest absolute Gasteiger partial charge is 0.305 e. The van der Waals surface area contributed by atoms with Crippen molar-refractivity contribution in [2.45, 2.75) is 50.1 Å². The molecule has 3 aromatic rings. The monoisotopic (exact) mass is 501 g/mol.